The molecule has 3 N–H and O–H groups in total. The predicted octanol–water partition coefficient (Wildman–Crippen LogP) is 3.42. The first-order chi connectivity index (χ1) is 8.02. The van der Waals surface area contributed by atoms with Crippen molar-refractivity contribution in [1.82, 2.24) is 0 Å². The van der Waals surface area contributed by atoms with Crippen LogP contribution in [0, 0.1) is 18.8 Å². The first-order valence-electron chi connectivity index (χ1n) is 6.56. The van der Waals surface area contributed by atoms with Gasteiger partial charge in [-0.1, -0.05) is 38.5 Å². The summed E-state index contributed by atoms with van der Waals surface area (Å²) in [5.41, 5.74) is 8.32. The monoisotopic (exact) mass is 234 g/mol. The van der Waals surface area contributed by atoms with E-state index in [-0.39, 0.29) is 0 Å². The summed E-state index contributed by atoms with van der Waals surface area (Å²) in [5, 5.41) is 3.54. The number of hydrogen-bond donors (Lipinski definition) is 2. The summed E-state index contributed by atoms with van der Waals surface area (Å²) in [7, 11) is 0. The minimum absolute atomic E-state index is 0.361. The van der Waals surface area contributed by atoms with E-state index in [2.05, 4.69) is 57.3 Å². The van der Waals surface area contributed by atoms with Crippen LogP contribution in [0.1, 0.15) is 32.8 Å². The lowest BCUT2D eigenvalue weighted by Crippen LogP contribution is -2.35. The normalized spacial score (nSPS) is 14.7. The van der Waals surface area contributed by atoms with Gasteiger partial charge in [-0.15, -0.1) is 0 Å². The molecule has 0 radical (unpaired) electrons. The smallest absolute Gasteiger partial charge is 0.0409 e. The molecule has 2 nitrogen and oxygen atoms in total. The average Bonchev–Trinajstić information content (AvgIpc) is 2.27. The zero-order chi connectivity index (χ0) is 12.8. The molecule has 2 heteroatoms. The van der Waals surface area contributed by atoms with Crippen molar-refractivity contribution < 1.29 is 0 Å². The summed E-state index contributed by atoms with van der Waals surface area (Å²) >= 11 is 0. The summed E-state index contributed by atoms with van der Waals surface area (Å²) in [5.74, 6) is 1.32. The van der Waals surface area contributed by atoms with Crippen molar-refractivity contribution in [3.63, 3.8) is 0 Å². The van der Waals surface area contributed by atoms with Crippen LogP contribution in [0.25, 0.3) is 0 Å². The van der Waals surface area contributed by atoms with Gasteiger partial charge in [-0.25, -0.2) is 0 Å². The predicted molar refractivity (Wildman–Crippen MR) is 76.3 cm³/mol. The Morgan fingerprint density at radius 3 is 2.18 bits per heavy atom. The second-order valence-corrected chi connectivity index (χ2v) is 5.46. The fraction of sp³-hybridized carbons (Fsp3) is 0.600. The number of anilines is 1. The van der Waals surface area contributed by atoms with E-state index in [9.17, 15) is 0 Å². The lowest BCUT2D eigenvalue weighted by molar-refractivity contribution is 0.392. The quantitative estimate of drug-likeness (QED) is 0.791. The molecule has 0 bridgehead atoms. The van der Waals surface area contributed by atoms with E-state index < -0.39 is 0 Å². The van der Waals surface area contributed by atoms with Gasteiger partial charge in [-0.2, -0.15) is 0 Å². The van der Waals surface area contributed by atoms with Crippen LogP contribution < -0.4 is 11.1 Å². The van der Waals surface area contributed by atoms with E-state index in [0.717, 1.165) is 5.92 Å². The van der Waals surface area contributed by atoms with Gasteiger partial charge in [0.2, 0.25) is 0 Å². The molecule has 0 saturated carbocycles. The van der Waals surface area contributed by atoms with Crippen molar-refractivity contribution in [3.05, 3.63) is 29.8 Å². The molecule has 0 fully saturated rings. The first-order valence-corrected chi connectivity index (χ1v) is 6.56. The van der Waals surface area contributed by atoms with Crippen LogP contribution in [-0.2, 0) is 0 Å². The lowest BCUT2D eigenvalue weighted by atomic mass is 9.92. The molecule has 0 spiro atoms. The molecule has 1 rings (SSSR count). The van der Waals surface area contributed by atoms with Gasteiger partial charge in [-0.3, -0.25) is 0 Å². The molecule has 1 aromatic rings. The second-order valence-electron chi connectivity index (χ2n) is 5.46. The van der Waals surface area contributed by atoms with Crippen LogP contribution in [0.5, 0.6) is 0 Å². The number of aryl methyl sites for hydroxylation is 1. The van der Waals surface area contributed by atoms with Crippen LogP contribution in [0.3, 0.4) is 0 Å². The van der Waals surface area contributed by atoms with E-state index in [1.54, 1.807) is 0 Å². The Labute approximate surface area is 106 Å². The van der Waals surface area contributed by atoms with Gasteiger partial charge in [0.1, 0.15) is 0 Å². The van der Waals surface area contributed by atoms with Gasteiger partial charge in [0.25, 0.3) is 0 Å². The molecule has 0 aromatic heterocycles. The van der Waals surface area contributed by atoms with Crippen LogP contribution in [-0.4, -0.2) is 12.6 Å². The van der Waals surface area contributed by atoms with Gasteiger partial charge in [-0.05, 0) is 37.3 Å². The van der Waals surface area contributed by atoms with Gasteiger partial charge >= 0.3 is 0 Å². The molecule has 0 aliphatic rings. The third-order valence-corrected chi connectivity index (χ3v) is 3.19. The maximum absolute atomic E-state index is 5.86. The van der Waals surface area contributed by atoms with Crippen molar-refractivity contribution in [2.45, 2.75) is 40.2 Å². The average molecular weight is 234 g/mol. The van der Waals surface area contributed by atoms with Crippen LogP contribution in [0.15, 0.2) is 24.3 Å². The summed E-state index contributed by atoms with van der Waals surface area (Å²) < 4.78 is 0. The summed E-state index contributed by atoms with van der Waals surface area (Å²) in [4.78, 5) is 0. The van der Waals surface area contributed by atoms with Crippen LogP contribution in [0.4, 0.5) is 5.69 Å². The summed E-state index contributed by atoms with van der Waals surface area (Å²) in [6.45, 7) is 9.58. The van der Waals surface area contributed by atoms with Crippen molar-refractivity contribution >= 4 is 5.69 Å². The molecule has 0 saturated heterocycles. The van der Waals surface area contributed by atoms with Crippen LogP contribution >= 0.6 is 0 Å². The molecular formula is C15H26N2. The minimum atomic E-state index is 0.361. The van der Waals surface area contributed by atoms with Gasteiger partial charge in [0.05, 0.1) is 0 Å². The van der Waals surface area contributed by atoms with Crippen molar-refractivity contribution in [2.75, 3.05) is 11.9 Å². The van der Waals surface area contributed by atoms with E-state index in [1.807, 2.05) is 0 Å². The lowest BCUT2D eigenvalue weighted by Gasteiger charge is -2.26. The van der Waals surface area contributed by atoms with E-state index in [4.69, 9.17) is 5.73 Å². The van der Waals surface area contributed by atoms with Gasteiger partial charge in [0, 0.05) is 18.3 Å². The Morgan fingerprint density at radius 2 is 1.71 bits per heavy atom. The minimum Gasteiger partial charge on any atom is -0.381 e. The molecule has 0 amide bonds. The number of hydrogen-bond acceptors (Lipinski definition) is 2. The molecule has 2 unspecified atom stereocenters. The summed E-state index contributed by atoms with van der Waals surface area (Å²) in [6, 6.07) is 8.87. The fourth-order valence-electron chi connectivity index (χ4n) is 2.21. The molecule has 0 aliphatic carbocycles. The molecule has 1 aromatic carbocycles. The number of nitrogens with two attached hydrogens (primary N) is 1. The second kappa shape index (κ2) is 6.65. The fourth-order valence-corrected chi connectivity index (χ4v) is 2.21. The Balaban J connectivity index is 2.59. The Morgan fingerprint density at radius 1 is 1.12 bits per heavy atom. The highest BCUT2D eigenvalue weighted by Gasteiger charge is 2.16. The highest BCUT2D eigenvalue weighted by atomic mass is 14.9. The SMILES string of the molecule is Cc1ccc(NC(CN)C(C)CC(C)C)cc1. The highest BCUT2D eigenvalue weighted by Crippen LogP contribution is 2.18. The Kier molecular flexibility index (Phi) is 5.49. The number of rotatable bonds is 6. The number of benzene rings is 1. The molecule has 0 aliphatic heterocycles. The maximum Gasteiger partial charge on any atom is 0.0409 e. The molecule has 17 heavy (non-hydrogen) atoms. The third-order valence-electron chi connectivity index (χ3n) is 3.19. The zero-order valence-corrected chi connectivity index (χ0v) is 11.5. The maximum atomic E-state index is 5.86. The highest BCUT2D eigenvalue weighted by molar-refractivity contribution is 5.45. The van der Waals surface area contributed by atoms with E-state index >= 15 is 0 Å². The molecule has 2 atom stereocenters. The van der Waals surface area contributed by atoms with Gasteiger partial charge < -0.3 is 11.1 Å². The zero-order valence-electron chi connectivity index (χ0n) is 11.5. The molecule has 0 heterocycles. The topological polar surface area (TPSA) is 38.0 Å². The third kappa shape index (κ3) is 4.78. The van der Waals surface area contributed by atoms with E-state index in [0.29, 0.717) is 18.5 Å². The standard InChI is InChI=1S/C15H26N2/c1-11(2)9-13(4)15(10-16)17-14-7-5-12(3)6-8-14/h5-8,11,13,15,17H,9-10,16H2,1-4H3. The molecular weight excluding hydrogens is 208 g/mol. The summed E-state index contributed by atoms with van der Waals surface area (Å²) in [6.07, 6.45) is 1.21. The van der Waals surface area contributed by atoms with Crippen LogP contribution in [0.2, 0.25) is 0 Å². The Hall–Kier alpha value is -1.02. The largest absolute Gasteiger partial charge is 0.381 e. The van der Waals surface area contributed by atoms with E-state index in [1.165, 1.54) is 17.7 Å². The Bertz CT molecular complexity index is 316. The van der Waals surface area contributed by atoms with Crippen molar-refractivity contribution in [2.24, 2.45) is 17.6 Å². The molecule has 96 valence electrons. The van der Waals surface area contributed by atoms with Crippen molar-refractivity contribution in [1.29, 1.82) is 0 Å². The first kappa shape index (κ1) is 14.0. The van der Waals surface area contributed by atoms with Crippen molar-refractivity contribution in [3.8, 4) is 0 Å². The number of nitrogens with one attached hydrogen (secondary N) is 1. The van der Waals surface area contributed by atoms with Gasteiger partial charge in [0.15, 0.2) is 0 Å².